The van der Waals surface area contributed by atoms with Gasteiger partial charge in [0.15, 0.2) is 0 Å². The van der Waals surface area contributed by atoms with Gasteiger partial charge in [0.2, 0.25) is 0 Å². The number of rotatable bonds is 5. The molecular weight excluding hydrogens is 276 g/mol. The monoisotopic (exact) mass is 296 g/mol. The molecule has 2 atom stereocenters. The van der Waals surface area contributed by atoms with E-state index < -0.39 is 0 Å². The third-order valence-corrected chi connectivity index (χ3v) is 4.09. The highest BCUT2D eigenvalue weighted by atomic mass is 16.5. The molecule has 1 fully saturated rings. The molecule has 0 radical (unpaired) electrons. The van der Waals surface area contributed by atoms with Gasteiger partial charge in [-0.25, -0.2) is 0 Å². The van der Waals surface area contributed by atoms with Crippen molar-refractivity contribution in [2.75, 3.05) is 13.2 Å². The van der Waals surface area contributed by atoms with Crippen LogP contribution in [0.2, 0.25) is 0 Å². The number of nitrogens with one attached hydrogen (secondary N) is 1. The van der Waals surface area contributed by atoms with E-state index in [0.717, 1.165) is 31.7 Å². The lowest BCUT2D eigenvalue weighted by atomic mass is 9.97. The normalized spacial score (nSPS) is 20.9. The molecule has 3 rings (SSSR count). The van der Waals surface area contributed by atoms with E-state index in [4.69, 9.17) is 10.00 Å². The molecule has 2 unspecified atom stereocenters. The van der Waals surface area contributed by atoms with Gasteiger partial charge in [-0.1, -0.05) is 12.1 Å². The minimum Gasteiger partial charge on any atom is -0.373 e. The maximum atomic E-state index is 8.80. The van der Waals surface area contributed by atoms with Crippen LogP contribution in [0.1, 0.15) is 29.2 Å². The third kappa shape index (κ3) is 3.35. The van der Waals surface area contributed by atoms with E-state index in [2.05, 4.69) is 16.5 Å². The summed E-state index contributed by atoms with van der Waals surface area (Å²) in [6.07, 6.45) is 5.13. The van der Waals surface area contributed by atoms with Gasteiger partial charge in [0.25, 0.3) is 0 Å². The fourth-order valence-electron chi connectivity index (χ4n) is 2.90. The highest BCUT2D eigenvalue weighted by Crippen LogP contribution is 2.33. The number of ether oxygens (including phenoxy) is 1. The first-order valence-electron chi connectivity index (χ1n) is 7.56. The molecule has 2 heterocycles. The number of hydrogen-bond acceptors (Lipinski definition) is 4. The van der Waals surface area contributed by atoms with Crippen molar-refractivity contribution < 1.29 is 4.74 Å². The first-order valence-corrected chi connectivity index (χ1v) is 7.56. The Hall–Kier alpha value is -2.16. The van der Waals surface area contributed by atoms with E-state index in [1.54, 1.807) is 0 Å². The van der Waals surface area contributed by atoms with Crippen LogP contribution in [0.5, 0.6) is 0 Å². The van der Waals surface area contributed by atoms with Gasteiger partial charge in [0, 0.05) is 44.4 Å². The summed E-state index contributed by atoms with van der Waals surface area (Å²) in [7, 11) is 1.93. The molecule has 0 saturated carbocycles. The molecule has 1 aromatic heterocycles. The summed E-state index contributed by atoms with van der Waals surface area (Å²) >= 11 is 0. The molecule has 0 amide bonds. The molecule has 1 N–H and O–H groups in total. The Morgan fingerprint density at radius 1 is 1.41 bits per heavy atom. The van der Waals surface area contributed by atoms with E-state index in [-0.39, 0.29) is 6.10 Å². The third-order valence-electron chi connectivity index (χ3n) is 4.09. The summed E-state index contributed by atoms with van der Waals surface area (Å²) in [6, 6.07) is 9.84. The maximum Gasteiger partial charge on any atom is 0.0991 e. The van der Waals surface area contributed by atoms with E-state index in [9.17, 15) is 0 Å². The average molecular weight is 296 g/mol. The zero-order valence-corrected chi connectivity index (χ0v) is 12.7. The van der Waals surface area contributed by atoms with Gasteiger partial charge in [-0.2, -0.15) is 10.4 Å². The van der Waals surface area contributed by atoms with Gasteiger partial charge >= 0.3 is 0 Å². The Morgan fingerprint density at radius 2 is 2.23 bits per heavy atom. The van der Waals surface area contributed by atoms with E-state index in [1.807, 2.05) is 48.4 Å². The van der Waals surface area contributed by atoms with Gasteiger partial charge < -0.3 is 10.1 Å². The van der Waals surface area contributed by atoms with Crippen LogP contribution in [-0.4, -0.2) is 22.9 Å². The zero-order valence-electron chi connectivity index (χ0n) is 12.7. The second kappa shape index (κ2) is 6.73. The quantitative estimate of drug-likeness (QED) is 0.918. The van der Waals surface area contributed by atoms with Crippen molar-refractivity contribution >= 4 is 0 Å². The predicted molar refractivity (Wildman–Crippen MR) is 82.9 cm³/mol. The lowest BCUT2D eigenvalue weighted by Gasteiger charge is -2.17. The Balaban J connectivity index is 1.53. The van der Waals surface area contributed by atoms with Crippen molar-refractivity contribution in [2.24, 2.45) is 13.0 Å². The molecular formula is C17H20N4O. The largest absolute Gasteiger partial charge is 0.373 e. The predicted octanol–water partition coefficient (Wildman–Crippen LogP) is 2.16. The first-order chi connectivity index (χ1) is 10.8. The van der Waals surface area contributed by atoms with Crippen LogP contribution in [-0.2, 0) is 18.3 Å². The number of nitrogens with zero attached hydrogens (tertiary/aromatic N) is 3. The van der Waals surface area contributed by atoms with Crippen LogP contribution >= 0.6 is 0 Å². The highest BCUT2D eigenvalue weighted by Gasteiger charge is 2.30. The first kappa shape index (κ1) is 14.8. The maximum absolute atomic E-state index is 8.80. The topological polar surface area (TPSA) is 62.9 Å². The smallest absolute Gasteiger partial charge is 0.0991 e. The second-order valence-corrected chi connectivity index (χ2v) is 5.73. The lowest BCUT2D eigenvalue weighted by molar-refractivity contribution is 0.0904. The minimum absolute atomic E-state index is 0.141. The molecule has 5 heteroatoms. The molecule has 0 bridgehead atoms. The second-order valence-electron chi connectivity index (χ2n) is 5.73. The standard InChI is InChI=1S/C17H20N4O/c1-21-12-16(11-20-21)17-15(6-7-22-17)10-19-9-14-4-2-13(8-18)3-5-14/h2-5,11-12,15,17,19H,6-7,9-10H2,1H3. The fourth-order valence-corrected chi connectivity index (χ4v) is 2.90. The summed E-state index contributed by atoms with van der Waals surface area (Å²) in [5, 5.41) is 16.5. The average Bonchev–Trinajstić information content (AvgIpc) is 3.16. The summed E-state index contributed by atoms with van der Waals surface area (Å²) in [5.41, 5.74) is 3.05. The van der Waals surface area contributed by atoms with E-state index >= 15 is 0 Å². The number of aromatic nitrogens is 2. The number of benzene rings is 1. The number of hydrogen-bond donors (Lipinski definition) is 1. The van der Waals surface area contributed by atoms with Crippen molar-refractivity contribution in [3.05, 3.63) is 53.3 Å². The van der Waals surface area contributed by atoms with Crippen LogP contribution in [0.25, 0.3) is 0 Å². The van der Waals surface area contributed by atoms with Crippen LogP contribution < -0.4 is 5.32 Å². The highest BCUT2D eigenvalue weighted by molar-refractivity contribution is 5.31. The summed E-state index contributed by atoms with van der Waals surface area (Å²) < 4.78 is 7.69. The van der Waals surface area contributed by atoms with Crippen molar-refractivity contribution in [2.45, 2.75) is 19.1 Å². The van der Waals surface area contributed by atoms with Crippen LogP contribution in [0.15, 0.2) is 36.7 Å². The van der Waals surface area contributed by atoms with E-state index in [1.165, 1.54) is 5.56 Å². The molecule has 5 nitrogen and oxygen atoms in total. The van der Waals surface area contributed by atoms with Crippen LogP contribution in [0.4, 0.5) is 0 Å². The van der Waals surface area contributed by atoms with Crippen molar-refractivity contribution in [3.63, 3.8) is 0 Å². The molecule has 1 aromatic carbocycles. The molecule has 2 aromatic rings. The van der Waals surface area contributed by atoms with Crippen molar-refractivity contribution in [3.8, 4) is 6.07 Å². The molecule has 0 spiro atoms. The lowest BCUT2D eigenvalue weighted by Crippen LogP contribution is -2.24. The van der Waals surface area contributed by atoms with E-state index in [0.29, 0.717) is 11.5 Å². The molecule has 114 valence electrons. The summed E-state index contributed by atoms with van der Waals surface area (Å²) in [4.78, 5) is 0. The molecule has 0 aliphatic carbocycles. The summed E-state index contributed by atoms with van der Waals surface area (Å²) in [6.45, 7) is 2.53. The van der Waals surface area contributed by atoms with Crippen molar-refractivity contribution in [1.29, 1.82) is 5.26 Å². The van der Waals surface area contributed by atoms with Gasteiger partial charge in [0.05, 0.1) is 23.9 Å². The van der Waals surface area contributed by atoms with Gasteiger partial charge in [0.1, 0.15) is 0 Å². The van der Waals surface area contributed by atoms with Crippen LogP contribution in [0, 0.1) is 17.2 Å². The Labute approximate surface area is 130 Å². The van der Waals surface area contributed by atoms with Crippen molar-refractivity contribution in [1.82, 2.24) is 15.1 Å². The van der Waals surface area contributed by atoms with Gasteiger partial charge in [-0.15, -0.1) is 0 Å². The number of nitriles is 1. The minimum atomic E-state index is 0.141. The van der Waals surface area contributed by atoms with Gasteiger partial charge in [-0.05, 0) is 24.1 Å². The molecule has 1 saturated heterocycles. The molecule has 1 aliphatic rings. The SMILES string of the molecule is Cn1cc(C2OCCC2CNCc2ccc(C#N)cc2)cn1. The molecule has 1 aliphatic heterocycles. The van der Waals surface area contributed by atoms with Crippen LogP contribution in [0.3, 0.4) is 0 Å². The molecule has 22 heavy (non-hydrogen) atoms. The number of aryl methyl sites for hydroxylation is 1. The van der Waals surface area contributed by atoms with Gasteiger partial charge in [-0.3, -0.25) is 4.68 Å². The Morgan fingerprint density at radius 3 is 2.91 bits per heavy atom. The Bertz CT molecular complexity index is 656. The summed E-state index contributed by atoms with van der Waals surface area (Å²) in [5.74, 6) is 0.475. The zero-order chi connectivity index (χ0) is 15.4. The Kier molecular flexibility index (Phi) is 4.52. The fraction of sp³-hybridized carbons (Fsp3) is 0.412.